The summed E-state index contributed by atoms with van der Waals surface area (Å²) in [7, 11) is 0. The quantitative estimate of drug-likeness (QED) is 0.0482. The van der Waals surface area contributed by atoms with Crippen molar-refractivity contribution < 1.29 is 48.5 Å². The maximum absolute atomic E-state index is 13.8. The fraction of sp³-hybridized carbons (Fsp3) is 0.615. The van der Waals surface area contributed by atoms with Crippen LogP contribution < -0.4 is 10.6 Å². The Morgan fingerprint density at radius 3 is 2.38 bits per heavy atom. The Morgan fingerprint density at radius 2 is 1.69 bits per heavy atom. The van der Waals surface area contributed by atoms with Gasteiger partial charge in [0, 0.05) is 24.7 Å². The molecule has 0 spiro atoms. The SMILES string of the molecule is O=NC(=O)C(CCc1ccccc1)NC(CCCCNC(=O)OCO[N+](=O)[O-])C(=O)N1CCCC1C(=O)OCCCO[N+](=O)[O-]. The average Bonchev–Trinajstić information content (AvgIpc) is 3.51. The van der Waals surface area contributed by atoms with Crippen molar-refractivity contribution in [2.24, 2.45) is 5.18 Å². The van der Waals surface area contributed by atoms with Crippen molar-refractivity contribution in [1.82, 2.24) is 15.5 Å². The van der Waals surface area contributed by atoms with Gasteiger partial charge in [0.2, 0.25) is 12.7 Å². The Morgan fingerprint density at radius 1 is 0.956 bits per heavy atom. The number of hydrogen-bond donors (Lipinski definition) is 2. The first-order valence-electron chi connectivity index (χ1n) is 14.2. The normalized spacial score (nSPS) is 15.3. The smallest absolute Gasteiger partial charge is 0.409 e. The molecule has 3 amide bonds. The molecule has 1 fully saturated rings. The first-order valence-corrected chi connectivity index (χ1v) is 14.2. The summed E-state index contributed by atoms with van der Waals surface area (Å²) in [5, 5.41) is 26.2. The summed E-state index contributed by atoms with van der Waals surface area (Å²) >= 11 is 0. The lowest BCUT2D eigenvalue weighted by Crippen LogP contribution is -2.54. The van der Waals surface area contributed by atoms with Crippen LogP contribution in [-0.4, -0.2) is 90.2 Å². The molecule has 2 N–H and O–H groups in total. The standard InChI is InChI=1S/C26H36N6O13/c33-23(29-37)20(13-12-19-8-2-1-3-9-19)28-21(10-4-5-14-27-26(36)43-18-45-32(40)41)24(34)30-15-6-11-22(30)25(35)42-16-7-17-44-31(38)39/h1-3,8-9,20-22,28H,4-7,10-18H2,(H,27,36). The van der Waals surface area contributed by atoms with Crippen LogP contribution in [0.15, 0.2) is 35.5 Å². The van der Waals surface area contributed by atoms with Crippen LogP contribution in [0.5, 0.6) is 0 Å². The van der Waals surface area contributed by atoms with E-state index in [1.54, 1.807) is 0 Å². The molecule has 3 atom stereocenters. The zero-order valence-corrected chi connectivity index (χ0v) is 24.4. The van der Waals surface area contributed by atoms with Gasteiger partial charge in [-0.1, -0.05) is 30.3 Å². The number of nitroso groups, excluding NO2 is 1. The maximum Gasteiger partial charge on any atom is 0.409 e. The van der Waals surface area contributed by atoms with Gasteiger partial charge in [0.25, 0.3) is 10.2 Å². The topological polar surface area (TPSA) is 248 Å². The van der Waals surface area contributed by atoms with Crippen LogP contribution in [0, 0.1) is 25.1 Å². The highest BCUT2D eigenvalue weighted by molar-refractivity contribution is 5.89. The van der Waals surface area contributed by atoms with Gasteiger partial charge in [0.15, 0.2) is 0 Å². The van der Waals surface area contributed by atoms with Crippen LogP contribution in [0.1, 0.15) is 50.5 Å². The lowest BCUT2D eigenvalue weighted by molar-refractivity contribution is -0.765. The van der Waals surface area contributed by atoms with E-state index in [0.717, 1.165) is 5.56 Å². The summed E-state index contributed by atoms with van der Waals surface area (Å²) in [5.74, 6) is -2.17. The summed E-state index contributed by atoms with van der Waals surface area (Å²) < 4.78 is 9.69. The highest BCUT2D eigenvalue weighted by Crippen LogP contribution is 2.22. The zero-order chi connectivity index (χ0) is 33.0. The zero-order valence-electron chi connectivity index (χ0n) is 24.4. The molecule has 19 nitrogen and oxygen atoms in total. The summed E-state index contributed by atoms with van der Waals surface area (Å²) in [6.45, 7) is -0.975. The Balaban J connectivity index is 2.05. The van der Waals surface area contributed by atoms with Crippen LogP contribution >= 0.6 is 0 Å². The maximum atomic E-state index is 13.8. The molecule has 248 valence electrons. The van der Waals surface area contributed by atoms with Crippen LogP contribution in [0.2, 0.25) is 0 Å². The van der Waals surface area contributed by atoms with Gasteiger partial charge in [0.05, 0.1) is 25.3 Å². The molecule has 1 aromatic rings. The monoisotopic (exact) mass is 640 g/mol. The van der Waals surface area contributed by atoms with Gasteiger partial charge in [-0.25, -0.2) is 9.59 Å². The number of ether oxygens (including phenoxy) is 2. The molecule has 0 radical (unpaired) electrons. The lowest BCUT2D eigenvalue weighted by atomic mass is 10.0. The molecule has 2 rings (SSSR count). The molecule has 1 saturated heterocycles. The van der Waals surface area contributed by atoms with Crippen molar-refractivity contribution in [3.63, 3.8) is 0 Å². The van der Waals surface area contributed by atoms with E-state index < -0.39 is 59.0 Å². The van der Waals surface area contributed by atoms with Crippen molar-refractivity contribution in [3.8, 4) is 0 Å². The second kappa shape index (κ2) is 20.1. The molecule has 0 saturated carbocycles. The number of benzene rings is 1. The molecule has 19 heteroatoms. The molecule has 1 heterocycles. The van der Waals surface area contributed by atoms with E-state index in [2.05, 4.69) is 30.2 Å². The van der Waals surface area contributed by atoms with Crippen molar-refractivity contribution in [1.29, 1.82) is 0 Å². The number of carbonyl (C=O) groups is 4. The lowest BCUT2D eigenvalue weighted by Gasteiger charge is -2.30. The summed E-state index contributed by atoms with van der Waals surface area (Å²) in [4.78, 5) is 91.7. The number of likely N-dealkylation sites (tertiary alicyclic amines) is 1. The van der Waals surface area contributed by atoms with E-state index in [0.29, 0.717) is 32.1 Å². The first kappa shape index (κ1) is 36.3. The second-order valence-electron chi connectivity index (χ2n) is 9.82. The number of amides is 3. The number of alkyl carbamates (subject to hydrolysis) is 1. The molecular weight excluding hydrogens is 604 g/mol. The third-order valence-corrected chi connectivity index (χ3v) is 6.73. The van der Waals surface area contributed by atoms with E-state index in [1.165, 1.54) is 4.90 Å². The number of nitrogens with one attached hydrogen (secondary N) is 2. The molecule has 1 aromatic carbocycles. The molecule has 1 aliphatic rings. The van der Waals surface area contributed by atoms with Crippen LogP contribution in [0.25, 0.3) is 0 Å². The predicted molar refractivity (Wildman–Crippen MR) is 151 cm³/mol. The van der Waals surface area contributed by atoms with Gasteiger partial charge < -0.3 is 24.5 Å². The minimum absolute atomic E-state index is 0.0752. The molecule has 0 bridgehead atoms. The van der Waals surface area contributed by atoms with Crippen molar-refractivity contribution in [2.45, 2.75) is 69.5 Å². The molecular formula is C26H36N6O13. The molecule has 3 unspecified atom stereocenters. The number of aryl methyl sites for hydroxylation is 1. The number of rotatable bonds is 21. The van der Waals surface area contributed by atoms with Crippen molar-refractivity contribution >= 4 is 23.9 Å². The third-order valence-electron chi connectivity index (χ3n) is 6.73. The van der Waals surface area contributed by atoms with Crippen LogP contribution in [0.3, 0.4) is 0 Å². The Labute approximate surface area is 257 Å². The summed E-state index contributed by atoms with van der Waals surface area (Å²) in [6.07, 6.45) is 1.33. The molecule has 1 aliphatic heterocycles. The Kier molecular flexibility index (Phi) is 16.2. The predicted octanol–water partition coefficient (Wildman–Crippen LogP) is 1.43. The van der Waals surface area contributed by atoms with Crippen molar-refractivity contribution in [2.75, 3.05) is 33.1 Å². The fourth-order valence-corrected chi connectivity index (χ4v) is 4.60. The van der Waals surface area contributed by atoms with E-state index in [-0.39, 0.29) is 45.6 Å². The molecule has 0 aromatic heterocycles. The largest absolute Gasteiger partial charge is 0.464 e. The minimum Gasteiger partial charge on any atom is -0.464 e. The van der Waals surface area contributed by atoms with Crippen molar-refractivity contribution in [3.05, 3.63) is 61.0 Å². The van der Waals surface area contributed by atoms with Crippen LogP contribution in [-0.2, 0) is 40.0 Å². The number of nitrogens with zero attached hydrogens (tertiary/aromatic N) is 4. The van der Waals surface area contributed by atoms with E-state index in [1.807, 2.05) is 30.3 Å². The molecule has 0 aliphatic carbocycles. The van der Waals surface area contributed by atoms with Gasteiger partial charge in [-0.15, -0.1) is 25.1 Å². The van der Waals surface area contributed by atoms with Gasteiger partial charge in [-0.2, -0.15) is 0 Å². The Hall–Kier alpha value is -4.94. The van der Waals surface area contributed by atoms with Crippen LogP contribution in [0.4, 0.5) is 4.79 Å². The van der Waals surface area contributed by atoms with E-state index >= 15 is 0 Å². The van der Waals surface area contributed by atoms with Gasteiger partial charge in [-0.05, 0) is 50.5 Å². The van der Waals surface area contributed by atoms with Gasteiger partial charge >= 0.3 is 18.0 Å². The van der Waals surface area contributed by atoms with Gasteiger partial charge in [0.1, 0.15) is 6.04 Å². The summed E-state index contributed by atoms with van der Waals surface area (Å²) in [6, 6.07) is 6.15. The average molecular weight is 641 g/mol. The minimum atomic E-state index is -1.12. The summed E-state index contributed by atoms with van der Waals surface area (Å²) in [5.41, 5.74) is 0.901. The second-order valence-corrected chi connectivity index (χ2v) is 9.82. The van der Waals surface area contributed by atoms with Gasteiger partial charge in [-0.3, -0.25) is 19.7 Å². The number of unbranched alkanes of at least 4 members (excludes halogenated alkanes) is 1. The fourth-order valence-electron chi connectivity index (χ4n) is 4.60. The number of hydrogen-bond acceptors (Lipinski definition) is 14. The highest BCUT2D eigenvalue weighted by atomic mass is 17.0. The Bertz CT molecular complexity index is 1160. The third kappa shape index (κ3) is 13.9. The van der Waals surface area contributed by atoms with E-state index in [9.17, 15) is 44.3 Å². The first-order chi connectivity index (χ1) is 21.6. The number of esters is 1. The highest BCUT2D eigenvalue weighted by Gasteiger charge is 2.39. The van der Waals surface area contributed by atoms with E-state index in [4.69, 9.17) is 4.74 Å². The number of carbonyl (C=O) groups excluding carboxylic acids is 4. The molecule has 45 heavy (non-hydrogen) atoms.